The minimum Gasteiger partial charge on any atom is -0.478 e. The molecule has 2 atom stereocenters. The summed E-state index contributed by atoms with van der Waals surface area (Å²) in [5.41, 5.74) is 1.97. The average molecular weight is 563 g/mol. The van der Waals surface area contributed by atoms with Gasteiger partial charge in [-0.1, -0.05) is 13.0 Å². The lowest BCUT2D eigenvalue weighted by Crippen LogP contribution is -2.53. The molecule has 2 saturated heterocycles. The SMILES string of the molecule is CCc1c([C@H]2N=C(c3nccs3)NC(CN3CCN4C(=O)NC[C@H]4C3)=C2C(=O)O)ccc(F)c1Br. The Labute approximate surface area is 213 Å². The maximum Gasteiger partial charge on any atom is 0.335 e. The number of amidine groups is 1. The molecule has 0 aliphatic carbocycles. The third-order valence-corrected chi connectivity index (χ3v) is 8.21. The van der Waals surface area contributed by atoms with Crippen molar-refractivity contribution in [2.75, 3.05) is 32.7 Å². The lowest BCUT2D eigenvalue weighted by atomic mass is 9.91. The summed E-state index contributed by atoms with van der Waals surface area (Å²) in [7, 11) is 0. The highest BCUT2D eigenvalue weighted by Gasteiger charge is 2.38. The second-order valence-corrected chi connectivity index (χ2v) is 10.3. The largest absolute Gasteiger partial charge is 0.478 e. The fourth-order valence-corrected chi connectivity index (χ4v) is 6.13. The second-order valence-electron chi connectivity index (χ2n) is 8.59. The Morgan fingerprint density at radius 3 is 2.91 bits per heavy atom. The Hall–Kier alpha value is -2.83. The van der Waals surface area contributed by atoms with E-state index in [1.165, 1.54) is 17.4 Å². The summed E-state index contributed by atoms with van der Waals surface area (Å²) in [5, 5.41) is 18.9. The van der Waals surface area contributed by atoms with Crippen molar-refractivity contribution in [3.8, 4) is 0 Å². The molecule has 5 rings (SSSR count). The van der Waals surface area contributed by atoms with Crippen LogP contribution in [0.3, 0.4) is 0 Å². The zero-order valence-electron chi connectivity index (χ0n) is 18.9. The molecule has 3 N–H and O–H groups in total. The molecule has 2 amide bonds. The molecule has 1 aromatic carbocycles. The molecular weight excluding hydrogens is 539 g/mol. The average Bonchev–Trinajstić information content (AvgIpc) is 3.50. The molecule has 35 heavy (non-hydrogen) atoms. The first-order valence-corrected chi connectivity index (χ1v) is 13.0. The number of hydrogen-bond acceptors (Lipinski definition) is 7. The van der Waals surface area contributed by atoms with E-state index in [-0.39, 0.29) is 17.6 Å². The van der Waals surface area contributed by atoms with Crippen LogP contribution in [0.15, 0.2) is 44.4 Å². The van der Waals surface area contributed by atoms with Gasteiger partial charge in [0.2, 0.25) is 0 Å². The van der Waals surface area contributed by atoms with Gasteiger partial charge < -0.3 is 20.6 Å². The van der Waals surface area contributed by atoms with Crippen LogP contribution in [0, 0.1) is 5.82 Å². The number of carbonyl (C=O) groups is 2. The Kier molecular flexibility index (Phi) is 6.60. The fraction of sp³-hybridized carbons (Fsp3) is 0.391. The van der Waals surface area contributed by atoms with Gasteiger partial charge in [0.05, 0.1) is 16.1 Å². The van der Waals surface area contributed by atoms with Crippen molar-refractivity contribution in [1.82, 2.24) is 25.4 Å². The summed E-state index contributed by atoms with van der Waals surface area (Å²) in [4.78, 5) is 37.7. The fourth-order valence-electron chi connectivity index (χ4n) is 4.90. The van der Waals surface area contributed by atoms with E-state index in [0.717, 1.165) is 0 Å². The van der Waals surface area contributed by atoms with E-state index in [1.54, 1.807) is 12.3 Å². The van der Waals surface area contributed by atoms with Gasteiger partial charge in [-0.3, -0.25) is 9.89 Å². The molecule has 0 unspecified atom stereocenters. The molecule has 0 radical (unpaired) electrons. The zero-order chi connectivity index (χ0) is 24.7. The van der Waals surface area contributed by atoms with Crippen LogP contribution >= 0.6 is 27.3 Å². The Morgan fingerprint density at radius 1 is 1.37 bits per heavy atom. The predicted octanol–water partition coefficient (Wildman–Crippen LogP) is 2.75. The lowest BCUT2D eigenvalue weighted by Gasteiger charge is -2.38. The molecule has 3 aliphatic heterocycles. The summed E-state index contributed by atoms with van der Waals surface area (Å²) in [6.07, 6.45) is 2.18. The highest BCUT2D eigenvalue weighted by molar-refractivity contribution is 9.10. The van der Waals surface area contributed by atoms with E-state index in [4.69, 9.17) is 4.99 Å². The number of urea groups is 1. The monoisotopic (exact) mass is 562 g/mol. The van der Waals surface area contributed by atoms with E-state index in [9.17, 15) is 19.1 Å². The molecule has 4 heterocycles. The number of fused-ring (bicyclic) bond motifs is 1. The summed E-state index contributed by atoms with van der Waals surface area (Å²) in [6, 6.07) is 2.12. The van der Waals surface area contributed by atoms with Crippen LogP contribution < -0.4 is 10.6 Å². The standard InChI is InChI=1S/C23H24BrFN6O3S/c1-2-13-14(3-4-15(25)18(13)24)19-17(22(32)33)16(28-20(29-19)21-26-5-8-35-21)11-30-6-7-31-12(10-30)9-27-23(31)34/h3-5,8,12,19H,2,6-7,9-11H2,1H3,(H,27,34)(H,28,29)(H,32,33)/t12-,19+/m0/s1. The molecular formula is C23H24BrFN6O3S. The van der Waals surface area contributed by atoms with E-state index >= 15 is 0 Å². The van der Waals surface area contributed by atoms with Crippen molar-refractivity contribution in [3.05, 3.63) is 61.4 Å². The minimum atomic E-state index is -1.08. The highest BCUT2D eigenvalue weighted by Crippen LogP contribution is 2.37. The molecule has 9 nitrogen and oxygen atoms in total. The maximum absolute atomic E-state index is 14.3. The molecule has 0 bridgehead atoms. The topological polar surface area (TPSA) is 110 Å². The first-order chi connectivity index (χ1) is 16.9. The number of nitrogens with one attached hydrogen (secondary N) is 2. The zero-order valence-corrected chi connectivity index (χ0v) is 21.3. The van der Waals surface area contributed by atoms with Gasteiger partial charge in [0.15, 0.2) is 10.8 Å². The first kappa shape index (κ1) is 23.9. The van der Waals surface area contributed by atoms with Crippen LogP contribution in [0.5, 0.6) is 0 Å². The number of aromatic nitrogens is 1. The lowest BCUT2D eigenvalue weighted by molar-refractivity contribution is -0.133. The van der Waals surface area contributed by atoms with Crippen LogP contribution in [-0.4, -0.2) is 76.5 Å². The molecule has 2 fully saturated rings. The number of hydrogen-bond donors (Lipinski definition) is 3. The van der Waals surface area contributed by atoms with Crippen molar-refractivity contribution in [3.63, 3.8) is 0 Å². The van der Waals surface area contributed by atoms with Crippen molar-refractivity contribution in [2.24, 2.45) is 4.99 Å². The van der Waals surface area contributed by atoms with Gasteiger partial charge in [-0.25, -0.2) is 19.0 Å². The Morgan fingerprint density at radius 2 is 2.20 bits per heavy atom. The number of thiazole rings is 1. The van der Waals surface area contributed by atoms with Gasteiger partial charge in [-0.15, -0.1) is 11.3 Å². The number of carboxylic acid groups (broad SMARTS) is 1. The summed E-state index contributed by atoms with van der Waals surface area (Å²) in [6.45, 7) is 4.66. The van der Waals surface area contributed by atoms with Gasteiger partial charge in [-0.05, 0) is 39.5 Å². The Balaban J connectivity index is 1.56. The number of amides is 2. The number of nitrogens with zero attached hydrogens (tertiary/aromatic N) is 4. The van der Waals surface area contributed by atoms with Crippen LogP contribution in [-0.2, 0) is 11.2 Å². The number of halogens is 2. The van der Waals surface area contributed by atoms with Crippen molar-refractivity contribution < 1.29 is 19.1 Å². The molecule has 3 aliphatic rings. The highest BCUT2D eigenvalue weighted by atomic mass is 79.9. The number of aliphatic imine (C=N–C) groups is 1. The van der Waals surface area contributed by atoms with Gasteiger partial charge in [0, 0.05) is 50.0 Å². The molecule has 12 heteroatoms. The number of piperazine rings is 1. The van der Waals surface area contributed by atoms with Gasteiger partial charge in [-0.2, -0.15) is 0 Å². The minimum absolute atomic E-state index is 0.0522. The van der Waals surface area contributed by atoms with Crippen molar-refractivity contribution >= 4 is 45.1 Å². The predicted molar refractivity (Wildman–Crippen MR) is 133 cm³/mol. The number of carboxylic acids is 1. The number of carbonyl (C=O) groups excluding carboxylic acids is 1. The van der Waals surface area contributed by atoms with Gasteiger partial charge in [0.1, 0.15) is 11.9 Å². The van der Waals surface area contributed by atoms with E-state index in [2.05, 4.69) is 36.4 Å². The van der Waals surface area contributed by atoms with Crippen molar-refractivity contribution in [1.29, 1.82) is 0 Å². The first-order valence-electron chi connectivity index (χ1n) is 11.3. The quantitative estimate of drug-likeness (QED) is 0.499. The number of aliphatic carboxylic acids is 1. The summed E-state index contributed by atoms with van der Waals surface area (Å²) in [5.74, 6) is -0.996. The maximum atomic E-state index is 14.3. The summed E-state index contributed by atoms with van der Waals surface area (Å²) < 4.78 is 14.6. The van der Waals surface area contributed by atoms with E-state index in [1.807, 2.05) is 17.2 Å². The van der Waals surface area contributed by atoms with Crippen molar-refractivity contribution in [2.45, 2.75) is 25.4 Å². The van der Waals surface area contributed by atoms with Crippen LogP contribution in [0.25, 0.3) is 0 Å². The van der Waals surface area contributed by atoms with Crippen LogP contribution in [0.4, 0.5) is 9.18 Å². The van der Waals surface area contributed by atoms with E-state index < -0.39 is 17.8 Å². The summed E-state index contributed by atoms with van der Waals surface area (Å²) >= 11 is 4.74. The third-order valence-electron chi connectivity index (χ3n) is 6.57. The Bertz CT molecular complexity index is 1230. The molecule has 2 aromatic rings. The number of rotatable bonds is 6. The van der Waals surface area contributed by atoms with Gasteiger partial charge in [0.25, 0.3) is 0 Å². The van der Waals surface area contributed by atoms with Crippen LogP contribution in [0.1, 0.15) is 29.1 Å². The second kappa shape index (κ2) is 9.67. The normalized spacial score (nSPS) is 22.5. The molecule has 0 spiro atoms. The smallest absolute Gasteiger partial charge is 0.335 e. The molecule has 1 aromatic heterocycles. The van der Waals surface area contributed by atoms with Gasteiger partial charge >= 0.3 is 12.0 Å². The molecule has 184 valence electrons. The number of benzene rings is 1. The van der Waals surface area contributed by atoms with Crippen LogP contribution in [0.2, 0.25) is 0 Å². The van der Waals surface area contributed by atoms with E-state index in [0.29, 0.717) is 71.3 Å². The molecule has 0 saturated carbocycles. The third kappa shape index (κ3) is 4.45.